The van der Waals surface area contributed by atoms with Gasteiger partial charge in [0.25, 0.3) is 5.91 Å². The number of nitrogens with zero attached hydrogens (tertiary/aromatic N) is 1. The molecule has 30 heavy (non-hydrogen) atoms. The highest BCUT2D eigenvalue weighted by atomic mass is 35.5. The summed E-state index contributed by atoms with van der Waals surface area (Å²) in [5.41, 5.74) is 1.74. The average Bonchev–Trinajstić information content (AvgIpc) is 3.44. The van der Waals surface area contributed by atoms with Crippen molar-refractivity contribution in [2.75, 3.05) is 11.9 Å². The van der Waals surface area contributed by atoms with E-state index in [9.17, 15) is 14.7 Å². The lowest BCUT2D eigenvalue weighted by molar-refractivity contribution is 0.0951. The number of carbonyl (C=O) groups is 2. The van der Waals surface area contributed by atoms with Gasteiger partial charge in [0.1, 0.15) is 0 Å². The molecule has 1 saturated carbocycles. The van der Waals surface area contributed by atoms with E-state index in [0.717, 1.165) is 31.2 Å². The fourth-order valence-electron chi connectivity index (χ4n) is 3.88. The third-order valence-electron chi connectivity index (χ3n) is 5.69. The third-order valence-corrected chi connectivity index (χ3v) is 6.02. The van der Waals surface area contributed by atoms with Crippen LogP contribution in [-0.2, 0) is 0 Å². The van der Waals surface area contributed by atoms with Crippen molar-refractivity contribution in [1.82, 2.24) is 10.2 Å². The summed E-state index contributed by atoms with van der Waals surface area (Å²) in [7, 11) is 0. The first kappa shape index (κ1) is 20.7. The number of likely N-dealkylation sites (tertiary alicyclic amines) is 1. The van der Waals surface area contributed by atoms with E-state index >= 15 is 0 Å². The number of nitrogens with one attached hydrogen (secondary N) is 2. The van der Waals surface area contributed by atoms with E-state index in [4.69, 9.17) is 11.6 Å². The zero-order chi connectivity index (χ0) is 21.1. The van der Waals surface area contributed by atoms with E-state index < -0.39 is 6.10 Å². The first-order valence-corrected chi connectivity index (χ1v) is 10.8. The largest absolute Gasteiger partial charge is 0.388 e. The molecule has 4 rings (SSSR count). The van der Waals surface area contributed by atoms with Gasteiger partial charge in [0.15, 0.2) is 0 Å². The molecule has 0 unspecified atom stereocenters. The van der Waals surface area contributed by atoms with Crippen molar-refractivity contribution in [3.8, 4) is 0 Å². The van der Waals surface area contributed by atoms with Gasteiger partial charge < -0.3 is 20.6 Å². The predicted molar refractivity (Wildman–Crippen MR) is 117 cm³/mol. The SMILES string of the molecule is O=C(NC1CC1)c1cc(NC(=O)N2CCC[C@H]2C[C@H](O)c2ccccc2)ccc1Cl. The molecule has 2 atom stereocenters. The summed E-state index contributed by atoms with van der Waals surface area (Å²) >= 11 is 6.19. The molecular formula is C23H26ClN3O3. The van der Waals surface area contributed by atoms with Crippen molar-refractivity contribution in [3.05, 3.63) is 64.7 Å². The number of carbonyl (C=O) groups excluding carboxylic acids is 2. The van der Waals surface area contributed by atoms with Crippen molar-refractivity contribution in [2.45, 2.75) is 50.3 Å². The van der Waals surface area contributed by atoms with Crippen molar-refractivity contribution in [3.63, 3.8) is 0 Å². The number of anilines is 1. The maximum atomic E-state index is 12.9. The summed E-state index contributed by atoms with van der Waals surface area (Å²) < 4.78 is 0. The van der Waals surface area contributed by atoms with Crippen LogP contribution in [0.4, 0.5) is 10.5 Å². The number of aliphatic hydroxyl groups is 1. The average molecular weight is 428 g/mol. The highest BCUT2D eigenvalue weighted by Gasteiger charge is 2.31. The highest BCUT2D eigenvalue weighted by Crippen LogP contribution is 2.29. The molecule has 1 heterocycles. The number of hydrogen-bond donors (Lipinski definition) is 3. The lowest BCUT2D eigenvalue weighted by Crippen LogP contribution is -2.39. The molecule has 0 aromatic heterocycles. The Hall–Kier alpha value is -2.57. The summed E-state index contributed by atoms with van der Waals surface area (Å²) in [5.74, 6) is -0.219. The number of urea groups is 1. The van der Waals surface area contributed by atoms with Crippen LogP contribution in [0, 0.1) is 0 Å². The summed E-state index contributed by atoms with van der Waals surface area (Å²) in [6, 6.07) is 14.4. The van der Waals surface area contributed by atoms with Gasteiger partial charge in [-0.15, -0.1) is 0 Å². The number of benzene rings is 2. The van der Waals surface area contributed by atoms with E-state index in [1.807, 2.05) is 30.3 Å². The normalized spacial score (nSPS) is 19.4. The van der Waals surface area contributed by atoms with Gasteiger partial charge in [0.2, 0.25) is 0 Å². The maximum absolute atomic E-state index is 12.9. The standard InChI is InChI=1S/C23H26ClN3O3/c24-20-11-10-17(13-19(20)22(29)25-16-8-9-16)26-23(30)27-12-4-7-18(27)14-21(28)15-5-2-1-3-6-15/h1-3,5-6,10-11,13,16,18,21,28H,4,7-9,12,14H2,(H,25,29)(H,26,30)/t18-,21-/m0/s1. The Morgan fingerprint density at radius 2 is 1.90 bits per heavy atom. The van der Waals surface area contributed by atoms with Crippen molar-refractivity contribution in [1.29, 1.82) is 0 Å². The molecule has 1 aliphatic carbocycles. The van der Waals surface area contributed by atoms with Gasteiger partial charge in [-0.05, 0) is 55.9 Å². The highest BCUT2D eigenvalue weighted by molar-refractivity contribution is 6.34. The molecule has 1 aliphatic heterocycles. The minimum absolute atomic E-state index is 0.0369. The molecule has 0 radical (unpaired) electrons. The fourth-order valence-corrected chi connectivity index (χ4v) is 4.08. The lowest BCUT2D eigenvalue weighted by atomic mass is 10.0. The summed E-state index contributed by atoms with van der Waals surface area (Å²) in [4.78, 5) is 27.0. The monoisotopic (exact) mass is 427 g/mol. The topological polar surface area (TPSA) is 81.7 Å². The van der Waals surface area contributed by atoms with E-state index in [1.54, 1.807) is 23.1 Å². The molecule has 7 heteroatoms. The molecule has 0 bridgehead atoms. The maximum Gasteiger partial charge on any atom is 0.322 e. The summed E-state index contributed by atoms with van der Waals surface area (Å²) in [6.45, 7) is 0.640. The van der Waals surface area contributed by atoms with E-state index in [-0.39, 0.29) is 24.0 Å². The predicted octanol–water partition coefficient (Wildman–Crippen LogP) is 4.35. The summed E-state index contributed by atoms with van der Waals surface area (Å²) in [5, 5.41) is 16.7. The Kier molecular flexibility index (Phi) is 6.25. The van der Waals surface area contributed by atoms with Gasteiger partial charge in [0, 0.05) is 24.3 Å². The summed E-state index contributed by atoms with van der Waals surface area (Å²) in [6.07, 6.45) is 3.61. The van der Waals surface area contributed by atoms with Gasteiger partial charge in [0.05, 0.1) is 16.7 Å². The molecule has 2 aliphatic rings. The first-order chi connectivity index (χ1) is 14.5. The Morgan fingerprint density at radius 1 is 1.13 bits per heavy atom. The van der Waals surface area contributed by atoms with Gasteiger partial charge in [-0.25, -0.2) is 4.79 Å². The van der Waals surface area contributed by atoms with Crippen LogP contribution < -0.4 is 10.6 Å². The Balaban J connectivity index is 1.40. The second-order valence-corrected chi connectivity index (χ2v) is 8.43. The van der Waals surface area contributed by atoms with E-state index in [2.05, 4.69) is 10.6 Å². The molecular weight excluding hydrogens is 402 g/mol. The Morgan fingerprint density at radius 3 is 2.63 bits per heavy atom. The van der Waals surface area contributed by atoms with Crippen LogP contribution in [0.25, 0.3) is 0 Å². The van der Waals surface area contributed by atoms with Crippen molar-refractivity contribution >= 4 is 29.2 Å². The quantitative estimate of drug-likeness (QED) is 0.640. The van der Waals surface area contributed by atoms with E-state index in [0.29, 0.717) is 29.2 Å². The second kappa shape index (κ2) is 9.06. The second-order valence-electron chi connectivity index (χ2n) is 8.02. The van der Waals surface area contributed by atoms with Gasteiger partial charge >= 0.3 is 6.03 Å². The van der Waals surface area contributed by atoms with Crippen molar-refractivity contribution in [2.24, 2.45) is 0 Å². The number of hydrogen-bond acceptors (Lipinski definition) is 3. The van der Waals surface area contributed by atoms with Gasteiger partial charge in [-0.3, -0.25) is 4.79 Å². The van der Waals surface area contributed by atoms with Crippen molar-refractivity contribution < 1.29 is 14.7 Å². The number of aliphatic hydroxyl groups excluding tert-OH is 1. The van der Waals surface area contributed by atoms with Crippen LogP contribution in [0.5, 0.6) is 0 Å². The molecule has 2 aromatic carbocycles. The first-order valence-electron chi connectivity index (χ1n) is 10.4. The molecule has 2 fully saturated rings. The van der Waals surface area contributed by atoms with Crippen LogP contribution >= 0.6 is 11.6 Å². The number of rotatable bonds is 6. The van der Waals surface area contributed by atoms with Crippen LogP contribution in [0.1, 0.15) is 54.1 Å². The molecule has 1 saturated heterocycles. The number of halogens is 1. The van der Waals surface area contributed by atoms with Crippen LogP contribution in [-0.4, -0.2) is 40.6 Å². The molecule has 3 N–H and O–H groups in total. The fraction of sp³-hybridized carbons (Fsp3) is 0.391. The lowest BCUT2D eigenvalue weighted by Gasteiger charge is -2.27. The van der Waals surface area contributed by atoms with Crippen LogP contribution in [0.15, 0.2) is 48.5 Å². The molecule has 2 aromatic rings. The van der Waals surface area contributed by atoms with Gasteiger partial charge in [-0.1, -0.05) is 41.9 Å². The smallest absolute Gasteiger partial charge is 0.322 e. The number of amides is 3. The van der Waals surface area contributed by atoms with Crippen LogP contribution in [0.3, 0.4) is 0 Å². The Bertz CT molecular complexity index is 917. The van der Waals surface area contributed by atoms with Crippen LogP contribution in [0.2, 0.25) is 5.02 Å². The van der Waals surface area contributed by atoms with E-state index in [1.165, 1.54) is 0 Å². The molecule has 158 valence electrons. The molecule has 3 amide bonds. The minimum atomic E-state index is -0.613. The third kappa shape index (κ3) is 4.94. The zero-order valence-electron chi connectivity index (χ0n) is 16.7. The minimum Gasteiger partial charge on any atom is -0.388 e. The zero-order valence-corrected chi connectivity index (χ0v) is 17.4. The molecule has 6 nitrogen and oxygen atoms in total. The Labute approximate surface area is 181 Å². The van der Waals surface area contributed by atoms with Gasteiger partial charge in [-0.2, -0.15) is 0 Å². The molecule has 0 spiro atoms.